The second-order valence-electron chi connectivity index (χ2n) is 6.72. The minimum absolute atomic E-state index is 0.315. The predicted molar refractivity (Wildman–Crippen MR) is 95.2 cm³/mol. The van der Waals surface area contributed by atoms with E-state index in [0.29, 0.717) is 12.0 Å². The molecule has 0 atom stereocenters. The van der Waals surface area contributed by atoms with Crippen molar-refractivity contribution in [2.24, 2.45) is 11.1 Å². The normalized spacial score (nSPS) is 20.9. The summed E-state index contributed by atoms with van der Waals surface area (Å²) >= 11 is 0. The molecule has 1 nitrogen and oxygen atoms in total. The molecule has 0 aromatic rings. The van der Waals surface area contributed by atoms with Crippen LogP contribution in [0.5, 0.6) is 0 Å². The SMILES string of the molecule is CC(C=CC1=C(C)CCCC1(C)C)=C/C=C\C(C)=CCN. The van der Waals surface area contributed by atoms with Crippen LogP contribution in [-0.4, -0.2) is 6.54 Å². The Morgan fingerprint density at radius 2 is 1.90 bits per heavy atom. The highest BCUT2D eigenvalue weighted by molar-refractivity contribution is 5.37. The Bertz CT molecular complexity index is 496. The highest BCUT2D eigenvalue weighted by Crippen LogP contribution is 2.40. The van der Waals surface area contributed by atoms with E-state index in [2.05, 4.69) is 65.0 Å². The Labute approximate surface area is 131 Å². The minimum atomic E-state index is 0.315. The average molecular weight is 285 g/mol. The number of rotatable bonds is 5. The van der Waals surface area contributed by atoms with E-state index in [1.54, 1.807) is 5.57 Å². The fourth-order valence-electron chi connectivity index (χ4n) is 2.89. The van der Waals surface area contributed by atoms with Crippen LogP contribution in [0.2, 0.25) is 0 Å². The smallest absolute Gasteiger partial charge is 0.0112 e. The molecule has 0 aliphatic heterocycles. The highest BCUT2D eigenvalue weighted by atomic mass is 14.5. The molecule has 0 spiro atoms. The van der Waals surface area contributed by atoms with Gasteiger partial charge in [-0.05, 0) is 51.0 Å². The Hall–Kier alpha value is -1.34. The topological polar surface area (TPSA) is 26.0 Å². The number of hydrogen-bond acceptors (Lipinski definition) is 1. The van der Waals surface area contributed by atoms with Crippen LogP contribution in [0.25, 0.3) is 0 Å². The third-order valence-electron chi connectivity index (χ3n) is 4.21. The van der Waals surface area contributed by atoms with Gasteiger partial charge in [0, 0.05) is 6.54 Å². The van der Waals surface area contributed by atoms with E-state index in [9.17, 15) is 0 Å². The summed E-state index contributed by atoms with van der Waals surface area (Å²) in [4.78, 5) is 0. The van der Waals surface area contributed by atoms with Crippen LogP contribution in [0.1, 0.15) is 53.9 Å². The molecule has 0 aromatic heterocycles. The van der Waals surface area contributed by atoms with Crippen LogP contribution in [-0.2, 0) is 0 Å². The van der Waals surface area contributed by atoms with Gasteiger partial charge >= 0.3 is 0 Å². The molecule has 0 amide bonds. The van der Waals surface area contributed by atoms with E-state index in [0.717, 1.165) is 0 Å². The van der Waals surface area contributed by atoms with Crippen LogP contribution in [0, 0.1) is 5.41 Å². The van der Waals surface area contributed by atoms with Gasteiger partial charge in [0.1, 0.15) is 0 Å². The van der Waals surface area contributed by atoms with Crippen LogP contribution in [0.4, 0.5) is 0 Å². The molecule has 2 N–H and O–H groups in total. The number of nitrogens with two attached hydrogens (primary N) is 1. The molecule has 0 aromatic carbocycles. The van der Waals surface area contributed by atoms with E-state index in [-0.39, 0.29) is 0 Å². The van der Waals surface area contributed by atoms with Gasteiger partial charge in [-0.25, -0.2) is 0 Å². The lowest BCUT2D eigenvalue weighted by Gasteiger charge is -2.32. The van der Waals surface area contributed by atoms with Gasteiger partial charge in [-0.15, -0.1) is 0 Å². The van der Waals surface area contributed by atoms with Gasteiger partial charge in [0.15, 0.2) is 0 Å². The van der Waals surface area contributed by atoms with Gasteiger partial charge in [0.2, 0.25) is 0 Å². The van der Waals surface area contributed by atoms with E-state index in [1.165, 1.54) is 36.0 Å². The quantitative estimate of drug-likeness (QED) is 0.665. The monoisotopic (exact) mass is 285 g/mol. The van der Waals surface area contributed by atoms with Crippen molar-refractivity contribution in [3.63, 3.8) is 0 Å². The summed E-state index contributed by atoms with van der Waals surface area (Å²) in [5.41, 5.74) is 11.3. The van der Waals surface area contributed by atoms with Crippen LogP contribution < -0.4 is 5.73 Å². The number of allylic oxidation sites excluding steroid dienone is 9. The zero-order chi connectivity index (χ0) is 15.9. The van der Waals surface area contributed by atoms with Crippen molar-refractivity contribution in [2.75, 3.05) is 6.54 Å². The third-order valence-corrected chi connectivity index (χ3v) is 4.21. The van der Waals surface area contributed by atoms with Crippen LogP contribution >= 0.6 is 0 Å². The second kappa shape index (κ2) is 8.19. The van der Waals surface area contributed by atoms with Crippen molar-refractivity contribution in [3.8, 4) is 0 Å². The van der Waals surface area contributed by atoms with Crippen molar-refractivity contribution in [3.05, 3.63) is 58.7 Å². The lowest BCUT2D eigenvalue weighted by Crippen LogP contribution is -2.19. The van der Waals surface area contributed by atoms with Crippen molar-refractivity contribution in [1.82, 2.24) is 0 Å². The van der Waals surface area contributed by atoms with Gasteiger partial charge in [-0.1, -0.05) is 67.0 Å². The van der Waals surface area contributed by atoms with Crippen molar-refractivity contribution in [2.45, 2.75) is 53.9 Å². The molecule has 21 heavy (non-hydrogen) atoms. The molecule has 1 rings (SSSR count). The zero-order valence-corrected chi connectivity index (χ0v) is 14.4. The minimum Gasteiger partial charge on any atom is -0.327 e. The Kier molecular flexibility index (Phi) is 6.91. The van der Waals surface area contributed by atoms with Gasteiger partial charge < -0.3 is 5.73 Å². The van der Waals surface area contributed by atoms with Crippen molar-refractivity contribution < 1.29 is 0 Å². The Morgan fingerprint density at radius 3 is 2.52 bits per heavy atom. The molecule has 0 fully saturated rings. The Morgan fingerprint density at radius 1 is 1.19 bits per heavy atom. The van der Waals surface area contributed by atoms with Gasteiger partial charge in [0.05, 0.1) is 0 Å². The van der Waals surface area contributed by atoms with E-state index < -0.39 is 0 Å². The zero-order valence-electron chi connectivity index (χ0n) is 14.4. The average Bonchev–Trinajstić information content (AvgIpc) is 2.37. The molecule has 1 heteroatoms. The summed E-state index contributed by atoms with van der Waals surface area (Å²) in [5, 5.41) is 0. The van der Waals surface area contributed by atoms with Crippen molar-refractivity contribution >= 4 is 0 Å². The number of hydrogen-bond donors (Lipinski definition) is 1. The molecule has 1 aliphatic rings. The molecule has 116 valence electrons. The second-order valence-corrected chi connectivity index (χ2v) is 6.72. The molecular weight excluding hydrogens is 254 g/mol. The molecule has 0 saturated heterocycles. The first-order valence-electron chi connectivity index (χ1n) is 7.97. The molecular formula is C20H31N. The molecule has 1 aliphatic carbocycles. The van der Waals surface area contributed by atoms with Gasteiger partial charge in [0.25, 0.3) is 0 Å². The van der Waals surface area contributed by atoms with E-state index >= 15 is 0 Å². The van der Waals surface area contributed by atoms with Crippen LogP contribution in [0.3, 0.4) is 0 Å². The molecule has 0 radical (unpaired) electrons. The van der Waals surface area contributed by atoms with Crippen molar-refractivity contribution in [1.29, 1.82) is 0 Å². The first-order valence-corrected chi connectivity index (χ1v) is 7.97. The molecule has 0 bridgehead atoms. The molecule has 0 heterocycles. The maximum atomic E-state index is 5.49. The summed E-state index contributed by atoms with van der Waals surface area (Å²) in [5.74, 6) is 0. The molecule has 0 saturated carbocycles. The maximum Gasteiger partial charge on any atom is 0.0112 e. The summed E-state index contributed by atoms with van der Waals surface area (Å²) in [6, 6.07) is 0. The summed E-state index contributed by atoms with van der Waals surface area (Å²) < 4.78 is 0. The summed E-state index contributed by atoms with van der Waals surface area (Å²) in [6.07, 6.45) is 16.8. The fourth-order valence-corrected chi connectivity index (χ4v) is 2.89. The molecule has 0 unspecified atom stereocenters. The van der Waals surface area contributed by atoms with E-state index in [4.69, 9.17) is 5.73 Å². The summed E-state index contributed by atoms with van der Waals surface area (Å²) in [6.45, 7) is 11.8. The van der Waals surface area contributed by atoms with Gasteiger partial charge in [-0.3, -0.25) is 0 Å². The first-order chi connectivity index (χ1) is 9.86. The lowest BCUT2D eigenvalue weighted by atomic mass is 9.72. The lowest BCUT2D eigenvalue weighted by molar-refractivity contribution is 0.377. The summed E-state index contributed by atoms with van der Waals surface area (Å²) in [7, 11) is 0. The Balaban J connectivity index is 2.78. The predicted octanol–water partition coefficient (Wildman–Crippen LogP) is 5.48. The third kappa shape index (κ3) is 5.89. The fraction of sp³-hybridized carbons (Fsp3) is 0.500. The largest absolute Gasteiger partial charge is 0.327 e. The first kappa shape index (κ1) is 17.7. The van der Waals surface area contributed by atoms with Gasteiger partial charge in [-0.2, -0.15) is 0 Å². The highest BCUT2D eigenvalue weighted by Gasteiger charge is 2.26. The van der Waals surface area contributed by atoms with E-state index in [1.807, 2.05) is 6.08 Å². The standard InChI is InChI=1S/C20H31N/c1-16(8-6-9-17(2)13-15-21)11-12-19-18(3)10-7-14-20(19,4)5/h6,8-9,11-13H,7,10,14-15,21H2,1-5H3/b9-6-,12-11?,16-8?,17-13?. The van der Waals surface area contributed by atoms with Crippen LogP contribution in [0.15, 0.2) is 58.7 Å². The maximum absolute atomic E-state index is 5.49.